The summed E-state index contributed by atoms with van der Waals surface area (Å²) in [7, 11) is 1.59. The number of carbonyl (C=O) groups is 2. The first-order chi connectivity index (χ1) is 14.5. The predicted molar refractivity (Wildman–Crippen MR) is 121 cm³/mol. The average Bonchev–Trinajstić information content (AvgIpc) is 2.76. The molecule has 3 rings (SSSR count). The SMILES string of the molecule is COc1ccc(NC(=O)c2ccc(NCC(=O)Nc3cccc(Cl)c3C)cc2)cc1. The van der Waals surface area contributed by atoms with Crippen LogP contribution in [0.5, 0.6) is 5.75 Å². The maximum Gasteiger partial charge on any atom is 0.255 e. The summed E-state index contributed by atoms with van der Waals surface area (Å²) in [5, 5.41) is 9.29. The molecule has 0 aliphatic carbocycles. The molecule has 3 aromatic carbocycles. The van der Waals surface area contributed by atoms with E-state index in [1.807, 2.05) is 6.92 Å². The van der Waals surface area contributed by atoms with Crippen LogP contribution in [0.2, 0.25) is 5.02 Å². The Balaban J connectivity index is 1.52. The number of anilines is 3. The number of hydrogen-bond donors (Lipinski definition) is 3. The van der Waals surface area contributed by atoms with Gasteiger partial charge in [0.05, 0.1) is 13.7 Å². The molecule has 0 radical (unpaired) electrons. The van der Waals surface area contributed by atoms with E-state index >= 15 is 0 Å². The third-order valence-corrected chi connectivity index (χ3v) is 4.90. The lowest BCUT2D eigenvalue weighted by Crippen LogP contribution is -2.22. The number of ether oxygens (including phenoxy) is 1. The Bertz CT molecular complexity index is 1030. The fourth-order valence-electron chi connectivity index (χ4n) is 2.74. The van der Waals surface area contributed by atoms with Gasteiger partial charge in [-0.05, 0) is 73.2 Å². The Hall–Kier alpha value is -3.51. The van der Waals surface area contributed by atoms with Gasteiger partial charge in [-0.15, -0.1) is 0 Å². The van der Waals surface area contributed by atoms with Crippen LogP contribution >= 0.6 is 11.6 Å². The van der Waals surface area contributed by atoms with E-state index in [2.05, 4.69) is 16.0 Å². The number of halogens is 1. The minimum Gasteiger partial charge on any atom is -0.497 e. The van der Waals surface area contributed by atoms with Crippen LogP contribution in [0.4, 0.5) is 17.1 Å². The molecule has 0 unspecified atom stereocenters. The van der Waals surface area contributed by atoms with Gasteiger partial charge in [-0.2, -0.15) is 0 Å². The van der Waals surface area contributed by atoms with Gasteiger partial charge in [0.2, 0.25) is 5.91 Å². The summed E-state index contributed by atoms with van der Waals surface area (Å²) < 4.78 is 5.10. The van der Waals surface area contributed by atoms with Crippen LogP contribution in [0.15, 0.2) is 66.7 Å². The van der Waals surface area contributed by atoms with Crippen molar-refractivity contribution in [1.82, 2.24) is 0 Å². The Kier molecular flexibility index (Phi) is 6.93. The highest BCUT2D eigenvalue weighted by atomic mass is 35.5. The molecule has 0 heterocycles. The Labute approximate surface area is 180 Å². The molecule has 7 heteroatoms. The minimum absolute atomic E-state index is 0.0867. The zero-order valence-electron chi connectivity index (χ0n) is 16.7. The maximum absolute atomic E-state index is 12.4. The highest BCUT2D eigenvalue weighted by Gasteiger charge is 2.08. The first-order valence-electron chi connectivity index (χ1n) is 9.30. The van der Waals surface area contributed by atoms with Crippen LogP contribution in [-0.4, -0.2) is 25.5 Å². The Morgan fingerprint density at radius 2 is 1.57 bits per heavy atom. The molecule has 3 N–H and O–H groups in total. The highest BCUT2D eigenvalue weighted by molar-refractivity contribution is 6.31. The largest absolute Gasteiger partial charge is 0.497 e. The second kappa shape index (κ2) is 9.80. The van der Waals surface area contributed by atoms with Crippen molar-refractivity contribution in [1.29, 1.82) is 0 Å². The molecule has 30 heavy (non-hydrogen) atoms. The average molecular weight is 424 g/mol. The maximum atomic E-state index is 12.4. The first kappa shape index (κ1) is 21.2. The molecule has 0 spiro atoms. The highest BCUT2D eigenvalue weighted by Crippen LogP contribution is 2.23. The van der Waals surface area contributed by atoms with Gasteiger partial charge in [0.1, 0.15) is 5.75 Å². The van der Waals surface area contributed by atoms with E-state index in [1.165, 1.54) is 0 Å². The number of benzene rings is 3. The molecule has 0 saturated heterocycles. The summed E-state index contributed by atoms with van der Waals surface area (Å²) in [5.74, 6) is 0.306. The third kappa shape index (κ3) is 5.52. The second-order valence-corrected chi connectivity index (χ2v) is 6.98. The molecule has 2 amide bonds. The summed E-state index contributed by atoms with van der Waals surface area (Å²) in [6.07, 6.45) is 0. The number of rotatable bonds is 7. The monoisotopic (exact) mass is 423 g/mol. The molecule has 0 atom stereocenters. The Morgan fingerprint density at radius 3 is 2.23 bits per heavy atom. The van der Waals surface area contributed by atoms with Crippen LogP contribution in [0.3, 0.4) is 0 Å². The molecular formula is C23H22ClN3O3. The summed E-state index contributed by atoms with van der Waals surface area (Å²) in [4.78, 5) is 24.6. The fourth-order valence-corrected chi connectivity index (χ4v) is 2.91. The van der Waals surface area contributed by atoms with Gasteiger partial charge >= 0.3 is 0 Å². The number of nitrogens with one attached hydrogen (secondary N) is 3. The molecule has 0 saturated carbocycles. The Morgan fingerprint density at radius 1 is 0.900 bits per heavy atom. The van der Waals surface area contributed by atoms with E-state index in [0.29, 0.717) is 22.0 Å². The molecule has 0 bridgehead atoms. The van der Waals surface area contributed by atoms with E-state index in [-0.39, 0.29) is 18.4 Å². The molecule has 3 aromatic rings. The van der Waals surface area contributed by atoms with Crippen molar-refractivity contribution < 1.29 is 14.3 Å². The van der Waals surface area contributed by atoms with Crippen molar-refractivity contribution in [3.63, 3.8) is 0 Å². The quantitative estimate of drug-likeness (QED) is 0.501. The number of amides is 2. The van der Waals surface area contributed by atoms with Gasteiger partial charge in [-0.25, -0.2) is 0 Å². The summed E-state index contributed by atoms with van der Waals surface area (Å²) >= 11 is 6.07. The van der Waals surface area contributed by atoms with Crippen LogP contribution in [0.25, 0.3) is 0 Å². The molecular weight excluding hydrogens is 402 g/mol. The molecule has 0 fully saturated rings. The zero-order valence-corrected chi connectivity index (χ0v) is 17.4. The summed E-state index contributed by atoms with van der Waals surface area (Å²) in [6.45, 7) is 1.93. The van der Waals surface area contributed by atoms with Crippen molar-refractivity contribution in [2.45, 2.75) is 6.92 Å². The predicted octanol–water partition coefficient (Wildman–Crippen LogP) is 4.96. The lowest BCUT2D eigenvalue weighted by molar-refractivity contribution is -0.114. The standard InChI is InChI=1S/C23H22ClN3O3/c1-15-20(24)4-3-5-21(15)27-22(28)14-25-17-8-6-16(7-9-17)23(29)26-18-10-12-19(30-2)13-11-18/h3-13,25H,14H2,1-2H3,(H,26,29)(H,27,28). The van der Waals surface area contributed by atoms with Crippen LogP contribution in [0, 0.1) is 6.92 Å². The van der Waals surface area contributed by atoms with E-state index in [1.54, 1.807) is 73.8 Å². The smallest absolute Gasteiger partial charge is 0.255 e. The molecule has 0 aliphatic rings. The van der Waals surface area contributed by atoms with Crippen LogP contribution in [0.1, 0.15) is 15.9 Å². The molecule has 0 aromatic heterocycles. The van der Waals surface area contributed by atoms with Gasteiger partial charge in [0.15, 0.2) is 0 Å². The fraction of sp³-hybridized carbons (Fsp3) is 0.130. The van der Waals surface area contributed by atoms with Gasteiger partial charge in [-0.1, -0.05) is 17.7 Å². The summed E-state index contributed by atoms with van der Waals surface area (Å²) in [5.41, 5.74) is 3.42. The van der Waals surface area contributed by atoms with Crippen molar-refractivity contribution in [2.24, 2.45) is 0 Å². The van der Waals surface area contributed by atoms with E-state index in [4.69, 9.17) is 16.3 Å². The van der Waals surface area contributed by atoms with Crippen molar-refractivity contribution in [3.8, 4) is 5.75 Å². The molecule has 0 aliphatic heterocycles. The van der Waals surface area contributed by atoms with Gasteiger partial charge in [-0.3, -0.25) is 9.59 Å². The van der Waals surface area contributed by atoms with Gasteiger partial charge in [0, 0.05) is 27.6 Å². The van der Waals surface area contributed by atoms with Gasteiger partial charge < -0.3 is 20.7 Å². The topological polar surface area (TPSA) is 79.5 Å². The van der Waals surface area contributed by atoms with Crippen LogP contribution in [-0.2, 0) is 4.79 Å². The first-order valence-corrected chi connectivity index (χ1v) is 9.68. The number of methoxy groups -OCH3 is 1. The van der Waals surface area contributed by atoms with Crippen molar-refractivity contribution in [2.75, 3.05) is 29.6 Å². The zero-order chi connectivity index (χ0) is 21.5. The van der Waals surface area contributed by atoms with E-state index in [0.717, 1.165) is 17.0 Å². The lowest BCUT2D eigenvalue weighted by atomic mass is 10.2. The molecule has 154 valence electrons. The van der Waals surface area contributed by atoms with E-state index < -0.39 is 0 Å². The molecule has 6 nitrogen and oxygen atoms in total. The van der Waals surface area contributed by atoms with E-state index in [9.17, 15) is 9.59 Å². The van der Waals surface area contributed by atoms with Gasteiger partial charge in [0.25, 0.3) is 5.91 Å². The van der Waals surface area contributed by atoms with Crippen molar-refractivity contribution in [3.05, 3.63) is 82.9 Å². The van der Waals surface area contributed by atoms with Crippen LogP contribution < -0.4 is 20.7 Å². The third-order valence-electron chi connectivity index (χ3n) is 4.49. The lowest BCUT2D eigenvalue weighted by Gasteiger charge is -2.11. The second-order valence-electron chi connectivity index (χ2n) is 6.57. The normalized spacial score (nSPS) is 10.2. The number of hydrogen-bond acceptors (Lipinski definition) is 4. The number of carbonyl (C=O) groups excluding carboxylic acids is 2. The minimum atomic E-state index is -0.221. The van der Waals surface area contributed by atoms with Crippen molar-refractivity contribution >= 4 is 40.5 Å². The summed E-state index contributed by atoms with van der Waals surface area (Å²) in [6, 6.07) is 19.3.